The molecule has 0 amide bonds. The molecule has 0 N–H and O–H groups in total. The Hall–Kier alpha value is -7.04. The summed E-state index contributed by atoms with van der Waals surface area (Å²) in [4.78, 5) is 19.9. The molecule has 4 heteroatoms. The summed E-state index contributed by atoms with van der Waals surface area (Å²) in [5.74, 6) is 4.80. The molecule has 0 unspecified atom stereocenters. The zero-order valence-electron chi connectivity index (χ0n) is 35.0. The van der Waals surface area contributed by atoms with Crippen molar-refractivity contribution in [2.45, 2.75) is 42.9 Å². The van der Waals surface area contributed by atoms with Crippen LogP contribution in [0.4, 0.5) is 0 Å². The van der Waals surface area contributed by atoms with Crippen LogP contribution in [0.5, 0.6) is 0 Å². The third-order valence-corrected chi connectivity index (χ3v) is 16.1. The fraction of sp³-hybridized carbons (Fsp3) is 0.186. The average Bonchev–Trinajstić information content (AvgIpc) is 3.64. The van der Waals surface area contributed by atoms with Gasteiger partial charge < -0.3 is 0 Å². The van der Waals surface area contributed by atoms with Crippen molar-refractivity contribution in [3.63, 3.8) is 0 Å². The van der Waals surface area contributed by atoms with E-state index < -0.39 is 5.41 Å². The van der Waals surface area contributed by atoms with E-state index in [-0.39, 0.29) is 5.41 Å². The van der Waals surface area contributed by atoms with Gasteiger partial charge in [0.25, 0.3) is 0 Å². The van der Waals surface area contributed by atoms with E-state index in [1.54, 1.807) is 17.3 Å². The number of hydrogen-bond donors (Lipinski definition) is 0. The van der Waals surface area contributed by atoms with Gasteiger partial charge in [0.2, 0.25) is 0 Å². The molecule has 7 aromatic carbocycles. The van der Waals surface area contributed by atoms with Crippen molar-refractivity contribution in [3.8, 4) is 56.5 Å². The third kappa shape index (κ3) is 4.81. The normalized spacial score (nSPS) is 22.8. The van der Waals surface area contributed by atoms with Crippen LogP contribution in [0, 0.1) is 23.7 Å². The fourth-order valence-electron chi connectivity index (χ4n) is 14.0. The Labute approximate surface area is 367 Å². The molecule has 0 saturated heterocycles. The first-order chi connectivity index (χ1) is 31.2. The molecule has 0 aliphatic heterocycles. The lowest BCUT2D eigenvalue weighted by molar-refractivity contribution is -0.0440. The molecule has 15 rings (SSSR count). The Morgan fingerprint density at radius 2 is 0.921 bits per heavy atom. The zero-order valence-corrected chi connectivity index (χ0v) is 35.0. The molecule has 4 bridgehead atoms. The second kappa shape index (κ2) is 13.2. The molecule has 63 heavy (non-hydrogen) atoms. The first-order valence-electron chi connectivity index (χ1n) is 22.9. The minimum atomic E-state index is -0.399. The van der Waals surface area contributed by atoms with Crippen molar-refractivity contribution in [1.29, 1.82) is 0 Å². The molecule has 300 valence electrons. The Morgan fingerprint density at radius 3 is 1.62 bits per heavy atom. The van der Waals surface area contributed by atoms with Gasteiger partial charge in [-0.2, -0.15) is 0 Å². The van der Waals surface area contributed by atoms with Crippen molar-refractivity contribution in [1.82, 2.24) is 19.9 Å². The lowest BCUT2D eigenvalue weighted by Crippen LogP contribution is -2.59. The minimum Gasteiger partial charge on any atom is -0.253 e. The van der Waals surface area contributed by atoms with E-state index in [1.807, 2.05) is 36.4 Å². The van der Waals surface area contributed by atoms with Crippen molar-refractivity contribution in [3.05, 3.63) is 216 Å². The smallest absolute Gasteiger partial charge is 0.182 e. The number of benzene rings is 7. The van der Waals surface area contributed by atoms with Crippen LogP contribution in [-0.4, -0.2) is 19.9 Å². The van der Waals surface area contributed by atoms with Gasteiger partial charge in [0.05, 0.1) is 5.41 Å². The standard InChI is InChI=1S/C59H44N4/c1-2-14-38(15-3-1)55-61-56(63-57(62-55)54-24-12-13-29-60-54)47-27-26-42(43-16-4-5-17-44(43)47)39-25-28-52-53(35-39)58(40-31-36-30-37(33-40)34-41(58)32-36)50-22-10-11-23-51(50)59(52)48-20-8-6-18-45(48)46-19-7-9-21-49(46)59/h1-29,35-37,40-41H,30-34H2. The molecule has 6 aliphatic rings. The van der Waals surface area contributed by atoms with Crippen molar-refractivity contribution >= 4 is 10.8 Å². The van der Waals surface area contributed by atoms with Gasteiger partial charge in [0.15, 0.2) is 17.5 Å². The molecule has 2 heterocycles. The summed E-state index contributed by atoms with van der Waals surface area (Å²) in [6.07, 6.45) is 8.56. The maximum absolute atomic E-state index is 5.16. The van der Waals surface area contributed by atoms with E-state index in [1.165, 1.54) is 82.0 Å². The van der Waals surface area contributed by atoms with Crippen LogP contribution < -0.4 is 0 Å². The Bertz CT molecular complexity index is 3190. The predicted molar refractivity (Wildman–Crippen MR) is 252 cm³/mol. The monoisotopic (exact) mass is 808 g/mol. The summed E-state index contributed by atoms with van der Waals surface area (Å²) in [7, 11) is 0. The van der Waals surface area contributed by atoms with E-state index in [9.17, 15) is 0 Å². The maximum atomic E-state index is 5.16. The molecular weight excluding hydrogens is 765 g/mol. The van der Waals surface area contributed by atoms with E-state index >= 15 is 0 Å². The first kappa shape index (κ1) is 35.5. The van der Waals surface area contributed by atoms with Crippen LogP contribution in [0.25, 0.3) is 67.3 Å². The molecule has 2 spiro atoms. The maximum Gasteiger partial charge on any atom is 0.182 e. The lowest BCUT2D eigenvalue weighted by Gasteiger charge is -2.65. The van der Waals surface area contributed by atoms with Gasteiger partial charge in [-0.1, -0.05) is 152 Å². The summed E-state index contributed by atoms with van der Waals surface area (Å²) in [6.45, 7) is 0. The summed E-state index contributed by atoms with van der Waals surface area (Å²) < 4.78 is 0. The number of fused-ring (bicyclic) bond motifs is 10. The number of hydrogen-bond acceptors (Lipinski definition) is 4. The molecule has 4 fully saturated rings. The molecule has 9 aromatic rings. The van der Waals surface area contributed by atoms with Crippen LogP contribution >= 0.6 is 0 Å². The van der Waals surface area contributed by atoms with Crippen molar-refractivity contribution in [2.75, 3.05) is 0 Å². The Balaban J connectivity index is 1.02. The molecule has 4 saturated carbocycles. The topological polar surface area (TPSA) is 51.6 Å². The first-order valence-corrected chi connectivity index (χ1v) is 22.9. The average molecular weight is 809 g/mol. The van der Waals surface area contributed by atoms with Crippen LogP contribution in [0.3, 0.4) is 0 Å². The van der Waals surface area contributed by atoms with Crippen LogP contribution in [0.15, 0.2) is 182 Å². The van der Waals surface area contributed by atoms with Gasteiger partial charge in [0.1, 0.15) is 5.69 Å². The summed E-state index contributed by atoms with van der Waals surface area (Å²) in [6, 6.07) is 65.4. The predicted octanol–water partition coefficient (Wildman–Crippen LogP) is 13.5. The van der Waals surface area contributed by atoms with E-state index in [0.29, 0.717) is 29.3 Å². The molecular formula is C59H44N4. The highest BCUT2D eigenvalue weighted by molar-refractivity contribution is 6.04. The SMILES string of the molecule is c1ccc(-c2nc(-c3ccccn3)nc(-c3ccc(-c4ccc5c(c4)C4(c6ccccc6C56c5ccccc5-c5ccccc56)C5CC6CC(C5)CC4C6)c4ccccc34)n2)cc1. The molecule has 4 nitrogen and oxygen atoms in total. The lowest BCUT2D eigenvalue weighted by atomic mass is 9.38. The van der Waals surface area contributed by atoms with Crippen LogP contribution in [0.2, 0.25) is 0 Å². The summed E-state index contributed by atoms with van der Waals surface area (Å²) >= 11 is 0. The van der Waals surface area contributed by atoms with E-state index in [2.05, 4.69) is 145 Å². The molecule has 6 aliphatic carbocycles. The van der Waals surface area contributed by atoms with Crippen molar-refractivity contribution < 1.29 is 0 Å². The second-order valence-electron chi connectivity index (χ2n) is 18.9. The van der Waals surface area contributed by atoms with Gasteiger partial charge in [-0.05, 0) is 146 Å². The highest BCUT2D eigenvalue weighted by Crippen LogP contribution is 2.71. The number of aromatic nitrogens is 4. The quantitative estimate of drug-likeness (QED) is 0.178. The van der Waals surface area contributed by atoms with Gasteiger partial charge in [0, 0.05) is 22.7 Å². The minimum absolute atomic E-state index is 0.0383. The highest BCUT2D eigenvalue weighted by atomic mass is 15.0. The number of nitrogens with zero attached hydrogens (tertiary/aromatic N) is 4. The van der Waals surface area contributed by atoms with E-state index in [4.69, 9.17) is 15.0 Å². The number of rotatable bonds is 4. The van der Waals surface area contributed by atoms with Gasteiger partial charge in [-0.15, -0.1) is 0 Å². The molecule has 0 atom stereocenters. The third-order valence-electron chi connectivity index (χ3n) is 16.1. The zero-order chi connectivity index (χ0) is 41.3. The molecule has 2 aromatic heterocycles. The highest BCUT2D eigenvalue weighted by Gasteiger charge is 2.64. The fourth-order valence-corrected chi connectivity index (χ4v) is 14.0. The van der Waals surface area contributed by atoms with E-state index in [0.717, 1.165) is 34.0 Å². The largest absolute Gasteiger partial charge is 0.253 e. The van der Waals surface area contributed by atoms with Gasteiger partial charge in [-0.25, -0.2) is 15.0 Å². The van der Waals surface area contributed by atoms with Crippen LogP contribution in [0.1, 0.15) is 65.5 Å². The van der Waals surface area contributed by atoms with Crippen molar-refractivity contribution in [2.24, 2.45) is 23.7 Å². The molecule has 0 radical (unpaired) electrons. The van der Waals surface area contributed by atoms with Gasteiger partial charge in [-0.3, -0.25) is 4.98 Å². The van der Waals surface area contributed by atoms with Crippen LogP contribution in [-0.2, 0) is 10.8 Å². The van der Waals surface area contributed by atoms with Gasteiger partial charge >= 0.3 is 0 Å². The Morgan fingerprint density at radius 1 is 0.365 bits per heavy atom. The summed E-state index contributed by atoms with van der Waals surface area (Å²) in [5, 5.41) is 2.31. The Kier molecular flexibility index (Phi) is 7.47. The summed E-state index contributed by atoms with van der Waals surface area (Å²) in [5.41, 5.74) is 16.4. The second-order valence-corrected chi connectivity index (χ2v) is 18.9. The number of pyridine rings is 1.